The molecule has 0 saturated carbocycles. The fraction of sp³-hybridized carbons (Fsp3) is 0.333. The molecule has 1 N–H and O–H groups in total. The van der Waals surface area contributed by atoms with Crippen molar-refractivity contribution in [3.8, 4) is 0 Å². The van der Waals surface area contributed by atoms with Gasteiger partial charge in [-0.25, -0.2) is 9.79 Å². The van der Waals surface area contributed by atoms with Crippen molar-refractivity contribution in [1.82, 2.24) is 5.32 Å². The first-order chi connectivity index (χ1) is 13.9. The molecule has 4 nitrogen and oxygen atoms in total. The molecule has 0 fully saturated rings. The third-order valence-corrected chi connectivity index (χ3v) is 5.94. The molecule has 0 bridgehead atoms. The number of ether oxygens (including phenoxy) is 1. The van der Waals surface area contributed by atoms with Crippen LogP contribution in [0.5, 0.6) is 0 Å². The topological polar surface area (TPSA) is 50.7 Å². The number of nitrogens with zero attached hydrogens (tertiary/aromatic N) is 1. The maximum absolute atomic E-state index is 12.6. The van der Waals surface area contributed by atoms with Crippen LogP contribution in [-0.2, 0) is 15.3 Å². The minimum absolute atomic E-state index is 0.315. The second-order valence-electron chi connectivity index (χ2n) is 7.30. The van der Waals surface area contributed by atoms with Gasteiger partial charge in [-0.2, -0.15) is 0 Å². The summed E-state index contributed by atoms with van der Waals surface area (Å²) >= 11 is 1.67. The van der Waals surface area contributed by atoms with Crippen molar-refractivity contribution in [2.24, 2.45) is 4.99 Å². The van der Waals surface area contributed by atoms with E-state index in [0.717, 1.165) is 22.2 Å². The lowest BCUT2D eigenvalue weighted by molar-refractivity contribution is -0.138. The number of hydrogen-bond donors (Lipinski definition) is 1. The van der Waals surface area contributed by atoms with Crippen LogP contribution in [-0.4, -0.2) is 17.7 Å². The zero-order valence-electron chi connectivity index (χ0n) is 17.7. The molecule has 3 rings (SSSR count). The molecule has 2 aromatic carbocycles. The van der Waals surface area contributed by atoms with Crippen LogP contribution >= 0.6 is 11.8 Å². The Hall–Kier alpha value is -2.53. The van der Waals surface area contributed by atoms with E-state index in [1.807, 2.05) is 44.2 Å². The van der Waals surface area contributed by atoms with Gasteiger partial charge in [0.05, 0.1) is 12.2 Å². The van der Waals surface area contributed by atoms with E-state index in [1.54, 1.807) is 11.8 Å². The Kier molecular flexibility index (Phi) is 6.80. The number of carbonyl (C=O) groups excluding carboxylic acids is 1. The van der Waals surface area contributed by atoms with Gasteiger partial charge in [0.1, 0.15) is 6.04 Å². The van der Waals surface area contributed by atoms with Gasteiger partial charge >= 0.3 is 5.97 Å². The van der Waals surface area contributed by atoms with Crippen LogP contribution in [0.15, 0.2) is 58.7 Å². The molecule has 29 heavy (non-hydrogen) atoms. The summed E-state index contributed by atoms with van der Waals surface area (Å²) in [6.45, 7) is 10.5. The summed E-state index contributed by atoms with van der Waals surface area (Å²) in [6.07, 6.45) is 0. The number of esters is 1. The van der Waals surface area contributed by atoms with Gasteiger partial charge in [0.25, 0.3) is 0 Å². The first-order valence-corrected chi connectivity index (χ1v) is 10.9. The number of rotatable bonds is 5. The van der Waals surface area contributed by atoms with Crippen LogP contribution in [0.2, 0.25) is 0 Å². The van der Waals surface area contributed by atoms with E-state index >= 15 is 0 Å². The number of carbonyl (C=O) groups is 1. The Labute approximate surface area is 177 Å². The normalized spacial score (nSPS) is 16.3. The number of benzene rings is 2. The number of aliphatic imine (C=N–C) groups is 1. The van der Waals surface area contributed by atoms with Gasteiger partial charge in [0.2, 0.25) is 0 Å². The predicted molar refractivity (Wildman–Crippen MR) is 121 cm³/mol. The van der Waals surface area contributed by atoms with Gasteiger partial charge in [-0.05, 0) is 56.9 Å². The molecular formula is C24H28N2O2S. The Morgan fingerprint density at radius 2 is 1.76 bits per heavy atom. The molecule has 0 unspecified atom stereocenters. The highest BCUT2D eigenvalue weighted by molar-refractivity contribution is 8.13. The molecule has 0 radical (unpaired) electrons. The molecule has 0 aromatic heterocycles. The van der Waals surface area contributed by atoms with Crippen LogP contribution in [0.25, 0.3) is 0 Å². The first kappa shape index (κ1) is 21.2. The molecule has 5 heteroatoms. The summed E-state index contributed by atoms with van der Waals surface area (Å²) in [4.78, 5) is 17.5. The van der Waals surface area contributed by atoms with Crippen molar-refractivity contribution in [3.63, 3.8) is 0 Å². The maximum Gasteiger partial charge on any atom is 0.338 e. The smallest absolute Gasteiger partial charge is 0.338 e. The monoisotopic (exact) mass is 408 g/mol. The van der Waals surface area contributed by atoms with Gasteiger partial charge in [0.15, 0.2) is 5.17 Å². The van der Waals surface area contributed by atoms with Crippen LogP contribution in [0.1, 0.15) is 47.7 Å². The standard InChI is InChI=1S/C24H28N2O2S/c1-6-28-23(27)21-18(5)25-24(26-22(21)19-10-8-7-9-11-19)29-14-20-16(3)12-15(2)13-17(20)4/h7-13,22H,6,14H2,1-5H3,(H,25,26)/t22-/m1/s1. The van der Waals surface area contributed by atoms with E-state index in [9.17, 15) is 4.79 Å². The van der Waals surface area contributed by atoms with Crippen molar-refractivity contribution in [3.05, 3.63) is 81.6 Å². The number of aryl methyl sites for hydroxylation is 3. The van der Waals surface area contributed by atoms with Gasteiger partial charge in [0, 0.05) is 11.4 Å². The van der Waals surface area contributed by atoms with Gasteiger partial charge in [-0.15, -0.1) is 0 Å². The predicted octanol–water partition coefficient (Wildman–Crippen LogP) is 5.38. The second-order valence-corrected chi connectivity index (χ2v) is 8.26. The third kappa shape index (κ3) is 4.91. The molecule has 1 atom stereocenters. The number of hydrogen-bond acceptors (Lipinski definition) is 5. The number of amidine groups is 1. The maximum atomic E-state index is 12.6. The molecule has 0 amide bonds. The summed E-state index contributed by atoms with van der Waals surface area (Å²) in [5.74, 6) is 0.511. The van der Waals surface area contributed by atoms with E-state index in [2.05, 4.69) is 38.2 Å². The molecule has 1 heterocycles. The fourth-order valence-electron chi connectivity index (χ4n) is 3.65. The second kappa shape index (κ2) is 9.31. The minimum Gasteiger partial charge on any atom is -0.463 e. The lowest BCUT2D eigenvalue weighted by atomic mass is 9.97. The van der Waals surface area contributed by atoms with Crippen molar-refractivity contribution in [1.29, 1.82) is 0 Å². The van der Waals surface area contributed by atoms with E-state index in [0.29, 0.717) is 12.2 Å². The van der Waals surface area contributed by atoms with E-state index in [4.69, 9.17) is 9.73 Å². The Morgan fingerprint density at radius 1 is 1.10 bits per heavy atom. The summed E-state index contributed by atoms with van der Waals surface area (Å²) in [5.41, 5.74) is 7.56. The summed E-state index contributed by atoms with van der Waals surface area (Å²) in [5, 5.41) is 4.14. The summed E-state index contributed by atoms with van der Waals surface area (Å²) < 4.78 is 5.30. The fourth-order valence-corrected chi connectivity index (χ4v) is 4.79. The molecule has 0 aliphatic carbocycles. The molecule has 152 valence electrons. The van der Waals surface area contributed by atoms with Crippen molar-refractivity contribution >= 4 is 22.9 Å². The molecule has 0 spiro atoms. The van der Waals surface area contributed by atoms with E-state index in [-0.39, 0.29) is 12.0 Å². The van der Waals surface area contributed by atoms with Crippen LogP contribution < -0.4 is 5.32 Å². The first-order valence-electron chi connectivity index (χ1n) is 9.87. The van der Waals surface area contributed by atoms with Crippen LogP contribution in [0.3, 0.4) is 0 Å². The van der Waals surface area contributed by atoms with Gasteiger partial charge < -0.3 is 10.1 Å². The lowest BCUT2D eigenvalue weighted by Crippen LogP contribution is -2.30. The SMILES string of the molecule is CCOC(=O)C1=C(C)NC(SCc2c(C)cc(C)cc2C)=N[C@@H]1c1ccccc1. The highest BCUT2D eigenvalue weighted by Crippen LogP contribution is 2.33. The number of thioether (sulfide) groups is 1. The number of allylic oxidation sites excluding steroid dienone is 1. The van der Waals surface area contributed by atoms with E-state index in [1.165, 1.54) is 22.3 Å². The average Bonchev–Trinajstić information content (AvgIpc) is 2.67. The van der Waals surface area contributed by atoms with Gasteiger partial charge in [-0.1, -0.05) is 59.8 Å². The highest BCUT2D eigenvalue weighted by Gasteiger charge is 2.30. The van der Waals surface area contributed by atoms with E-state index < -0.39 is 0 Å². The molecular weight excluding hydrogens is 380 g/mol. The molecule has 1 aliphatic heterocycles. The zero-order chi connectivity index (χ0) is 21.0. The Balaban J connectivity index is 1.88. The summed E-state index contributed by atoms with van der Waals surface area (Å²) in [7, 11) is 0. The van der Waals surface area contributed by atoms with Crippen molar-refractivity contribution in [2.75, 3.05) is 6.61 Å². The Morgan fingerprint density at radius 3 is 2.38 bits per heavy atom. The van der Waals surface area contributed by atoms with Crippen LogP contribution in [0, 0.1) is 20.8 Å². The van der Waals surface area contributed by atoms with Gasteiger partial charge in [-0.3, -0.25) is 0 Å². The van der Waals surface area contributed by atoms with Crippen LogP contribution in [0.4, 0.5) is 0 Å². The Bertz CT molecular complexity index is 941. The van der Waals surface area contributed by atoms with Crippen molar-refractivity contribution < 1.29 is 9.53 Å². The average molecular weight is 409 g/mol. The lowest BCUT2D eigenvalue weighted by Gasteiger charge is -2.26. The molecule has 0 saturated heterocycles. The number of nitrogens with one attached hydrogen (secondary N) is 1. The zero-order valence-corrected chi connectivity index (χ0v) is 18.5. The minimum atomic E-state index is -0.362. The quantitative estimate of drug-likeness (QED) is 0.675. The largest absolute Gasteiger partial charge is 0.463 e. The third-order valence-electron chi connectivity index (χ3n) is 5.02. The molecule has 1 aliphatic rings. The summed E-state index contributed by atoms with van der Waals surface area (Å²) in [6, 6.07) is 14.0. The highest BCUT2D eigenvalue weighted by atomic mass is 32.2. The molecule has 2 aromatic rings. The van der Waals surface area contributed by atoms with Crippen molar-refractivity contribution in [2.45, 2.75) is 46.4 Å².